The summed E-state index contributed by atoms with van der Waals surface area (Å²) in [5.41, 5.74) is 1.28. The van der Waals surface area contributed by atoms with Crippen LogP contribution in [0.4, 0.5) is 0 Å². The van der Waals surface area contributed by atoms with Crippen LogP contribution in [0.2, 0.25) is 0 Å². The molecule has 0 amide bonds. The maximum Gasteiger partial charge on any atom is 0.180 e. The first-order valence-electron chi connectivity index (χ1n) is 7.27. The van der Waals surface area contributed by atoms with Crippen LogP contribution in [0.15, 0.2) is 30.3 Å². The Morgan fingerprint density at radius 3 is 2.65 bits per heavy atom. The van der Waals surface area contributed by atoms with Crippen LogP contribution in [-0.2, 0) is 14.2 Å². The van der Waals surface area contributed by atoms with Crippen LogP contribution in [0, 0.1) is 0 Å². The van der Waals surface area contributed by atoms with Crippen molar-refractivity contribution in [2.24, 2.45) is 0 Å². The molecule has 2 aliphatic rings. The molecule has 0 aromatic heterocycles. The monoisotopic (exact) mass is 277 g/mol. The highest BCUT2D eigenvalue weighted by Crippen LogP contribution is 2.37. The molecule has 2 aliphatic heterocycles. The van der Waals surface area contributed by atoms with Gasteiger partial charge in [-0.2, -0.15) is 0 Å². The zero-order valence-electron chi connectivity index (χ0n) is 12.2. The number of ether oxygens (including phenoxy) is 3. The van der Waals surface area contributed by atoms with Crippen molar-refractivity contribution in [3.8, 4) is 0 Å². The molecule has 2 heterocycles. The van der Waals surface area contributed by atoms with E-state index in [1.54, 1.807) is 14.2 Å². The first kappa shape index (κ1) is 14.0. The number of hydrogen-bond acceptors (Lipinski definition) is 4. The van der Waals surface area contributed by atoms with Crippen LogP contribution in [0.3, 0.4) is 0 Å². The summed E-state index contributed by atoms with van der Waals surface area (Å²) >= 11 is 0. The smallest absolute Gasteiger partial charge is 0.180 e. The summed E-state index contributed by atoms with van der Waals surface area (Å²) in [4.78, 5) is 2.34. The van der Waals surface area contributed by atoms with Gasteiger partial charge in [-0.3, -0.25) is 4.90 Å². The van der Waals surface area contributed by atoms with Gasteiger partial charge in [0.25, 0.3) is 0 Å². The average Bonchev–Trinajstić information content (AvgIpc) is 2.54. The molecule has 0 spiro atoms. The van der Waals surface area contributed by atoms with Crippen molar-refractivity contribution in [1.29, 1.82) is 0 Å². The number of hydrogen-bond donors (Lipinski definition) is 0. The van der Waals surface area contributed by atoms with Gasteiger partial charge in [-0.25, -0.2) is 0 Å². The molecule has 1 aromatic rings. The van der Waals surface area contributed by atoms with E-state index in [4.69, 9.17) is 14.2 Å². The topological polar surface area (TPSA) is 30.9 Å². The molecule has 3 rings (SSSR count). The van der Waals surface area contributed by atoms with Crippen LogP contribution >= 0.6 is 0 Å². The van der Waals surface area contributed by atoms with E-state index in [0.717, 1.165) is 25.8 Å². The minimum absolute atomic E-state index is 0.218. The molecule has 0 N–H and O–H groups in total. The standard InChI is InChI=1S/C16H23NO3/c1-18-16(19-2)9-8-14-10-15(20-12-17(14)11-16)13-6-4-3-5-7-13/h3-7,14-15H,8-12H2,1-2H3/t14-,15+/m1/s1. The summed E-state index contributed by atoms with van der Waals surface area (Å²) in [7, 11) is 3.45. The van der Waals surface area contributed by atoms with Gasteiger partial charge in [0.1, 0.15) is 6.73 Å². The van der Waals surface area contributed by atoms with Gasteiger partial charge in [-0.1, -0.05) is 30.3 Å². The van der Waals surface area contributed by atoms with Gasteiger partial charge in [0, 0.05) is 26.7 Å². The quantitative estimate of drug-likeness (QED) is 0.795. The van der Waals surface area contributed by atoms with E-state index in [1.165, 1.54) is 5.56 Å². The van der Waals surface area contributed by atoms with Gasteiger partial charge < -0.3 is 14.2 Å². The molecule has 2 fully saturated rings. The van der Waals surface area contributed by atoms with E-state index in [0.29, 0.717) is 12.8 Å². The van der Waals surface area contributed by atoms with Crippen LogP contribution in [0.1, 0.15) is 30.9 Å². The van der Waals surface area contributed by atoms with E-state index in [1.807, 2.05) is 6.07 Å². The Balaban J connectivity index is 1.67. The van der Waals surface area contributed by atoms with Crippen molar-refractivity contribution >= 4 is 0 Å². The van der Waals surface area contributed by atoms with E-state index >= 15 is 0 Å². The first-order chi connectivity index (χ1) is 9.76. The van der Waals surface area contributed by atoms with Crippen molar-refractivity contribution in [3.63, 3.8) is 0 Å². The highest BCUT2D eigenvalue weighted by atomic mass is 16.7. The Kier molecular flexibility index (Phi) is 4.08. The zero-order valence-corrected chi connectivity index (χ0v) is 12.2. The summed E-state index contributed by atoms with van der Waals surface area (Å²) in [5, 5.41) is 0. The predicted molar refractivity (Wildman–Crippen MR) is 76.2 cm³/mol. The lowest BCUT2D eigenvalue weighted by molar-refractivity contribution is -0.258. The fraction of sp³-hybridized carbons (Fsp3) is 0.625. The number of fused-ring (bicyclic) bond motifs is 1. The summed E-state index contributed by atoms with van der Waals surface area (Å²) in [6.45, 7) is 1.44. The number of methoxy groups -OCH3 is 2. The number of benzene rings is 1. The highest BCUT2D eigenvalue weighted by Gasteiger charge is 2.42. The molecule has 1 aromatic carbocycles. The molecule has 2 saturated heterocycles. The molecule has 0 aliphatic carbocycles. The molecule has 0 unspecified atom stereocenters. The van der Waals surface area contributed by atoms with Crippen molar-refractivity contribution in [2.75, 3.05) is 27.5 Å². The highest BCUT2D eigenvalue weighted by molar-refractivity contribution is 5.18. The summed E-state index contributed by atoms with van der Waals surface area (Å²) in [6, 6.07) is 11.1. The van der Waals surface area contributed by atoms with E-state index < -0.39 is 5.79 Å². The Bertz CT molecular complexity index is 433. The molecular weight excluding hydrogens is 254 g/mol. The average molecular weight is 277 g/mol. The third-order valence-corrected chi connectivity index (χ3v) is 4.66. The van der Waals surface area contributed by atoms with Gasteiger partial charge in [0.15, 0.2) is 5.79 Å². The molecule has 0 saturated carbocycles. The Morgan fingerprint density at radius 2 is 1.95 bits per heavy atom. The minimum Gasteiger partial charge on any atom is -0.358 e. The molecule has 0 bridgehead atoms. The largest absolute Gasteiger partial charge is 0.358 e. The zero-order chi connectivity index (χ0) is 14.0. The molecule has 110 valence electrons. The summed E-state index contributed by atoms with van der Waals surface area (Å²) < 4.78 is 17.2. The summed E-state index contributed by atoms with van der Waals surface area (Å²) in [6.07, 6.45) is 3.31. The fourth-order valence-corrected chi connectivity index (χ4v) is 3.32. The third-order valence-electron chi connectivity index (χ3n) is 4.66. The van der Waals surface area contributed by atoms with Crippen LogP contribution in [-0.4, -0.2) is 44.2 Å². The first-order valence-corrected chi connectivity index (χ1v) is 7.27. The van der Waals surface area contributed by atoms with Gasteiger partial charge >= 0.3 is 0 Å². The molecule has 0 radical (unpaired) electrons. The van der Waals surface area contributed by atoms with Gasteiger partial charge in [0.05, 0.1) is 12.6 Å². The van der Waals surface area contributed by atoms with Crippen molar-refractivity contribution < 1.29 is 14.2 Å². The molecule has 4 heteroatoms. The van der Waals surface area contributed by atoms with Crippen molar-refractivity contribution in [1.82, 2.24) is 4.90 Å². The SMILES string of the molecule is COC1(OC)CC[C@@H]2C[C@@H](c3ccccc3)OCN2C1. The molecule has 4 nitrogen and oxygen atoms in total. The Hall–Kier alpha value is -0.940. The second-order valence-electron chi connectivity index (χ2n) is 5.69. The lowest BCUT2D eigenvalue weighted by Gasteiger charge is -2.48. The maximum absolute atomic E-state index is 6.03. The van der Waals surface area contributed by atoms with Crippen LogP contribution in [0.5, 0.6) is 0 Å². The van der Waals surface area contributed by atoms with E-state index in [9.17, 15) is 0 Å². The fourth-order valence-electron chi connectivity index (χ4n) is 3.32. The third kappa shape index (κ3) is 2.61. The van der Waals surface area contributed by atoms with Gasteiger partial charge in [-0.05, 0) is 18.4 Å². The second-order valence-corrected chi connectivity index (χ2v) is 5.69. The number of nitrogens with zero attached hydrogens (tertiary/aromatic N) is 1. The molecule has 20 heavy (non-hydrogen) atoms. The number of piperidine rings is 1. The predicted octanol–water partition coefficient (Wildman–Crippen LogP) is 2.56. The maximum atomic E-state index is 6.03. The second kappa shape index (κ2) is 5.82. The van der Waals surface area contributed by atoms with E-state index in [-0.39, 0.29) is 6.10 Å². The van der Waals surface area contributed by atoms with Crippen LogP contribution < -0.4 is 0 Å². The summed E-state index contributed by atoms with van der Waals surface area (Å²) in [5.74, 6) is -0.459. The Labute approximate surface area is 120 Å². The lowest BCUT2D eigenvalue weighted by Crippen LogP contribution is -2.57. The Morgan fingerprint density at radius 1 is 1.20 bits per heavy atom. The van der Waals surface area contributed by atoms with E-state index in [2.05, 4.69) is 29.2 Å². The normalized spacial score (nSPS) is 29.9. The minimum atomic E-state index is -0.459. The van der Waals surface area contributed by atoms with Gasteiger partial charge in [-0.15, -0.1) is 0 Å². The van der Waals surface area contributed by atoms with Crippen LogP contribution in [0.25, 0.3) is 0 Å². The van der Waals surface area contributed by atoms with Gasteiger partial charge in [0.2, 0.25) is 0 Å². The molecule has 2 atom stereocenters. The number of rotatable bonds is 3. The van der Waals surface area contributed by atoms with Crippen molar-refractivity contribution in [3.05, 3.63) is 35.9 Å². The van der Waals surface area contributed by atoms with Crippen molar-refractivity contribution in [2.45, 2.75) is 37.2 Å². The lowest BCUT2D eigenvalue weighted by atomic mass is 9.90. The molecular formula is C16H23NO3.